The highest BCUT2D eigenvalue weighted by atomic mass is 16.6. The first-order valence-electron chi connectivity index (χ1n) is 23.2. The smallest absolute Gasteiger partial charge is 0.254 e. The fourth-order valence-electron chi connectivity index (χ4n) is 5.06. The lowest BCUT2D eigenvalue weighted by molar-refractivity contribution is -0.0260. The van der Waals surface area contributed by atoms with Gasteiger partial charge in [-0.2, -0.15) is 0 Å². The van der Waals surface area contributed by atoms with Gasteiger partial charge in [0.15, 0.2) is 0 Å². The highest BCUT2D eigenvalue weighted by Gasteiger charge is 2.15. The Balaban J connectivity index is 1.90. The van der Waals surface area contributed by atoms with Crippen molar-refractivity contribution in [1.29, 1.82) is 0 Å². The van der Waals surface area contributed by atoms with Gasteiger partial charge in [0.2, 0.25) is 0 Å². The SMILES string of the molecule is O=C(c1ccccc1)N(CCOCCOCCOCCOCCOCCOCCOCCOCCO)CCOCCOCCOCCOCCOCCOCCOCCOCCOCCO. The number of amides is 1. The minimum atomic E-state index is -0.0836. The summed E-state index contributed by atoms with van der Waals surface area (Å²) in [6, 6.07) is 9.15. The molecule has 0 aliphatic rings. The molecule has 1 aromatic rings. The molecule has 21 heteroatoms. The lowest BCUT2D eigenvalue weighted by Gasteiger charge is -2.23. The molecular weight excluding hydrogens is 874 g/mol. The number of aliphatic hydroxyl groups excluding tert-OH is 2. The van der Waals surface area contributed by atoms with Crippen molar-refractivity contribution in [3.63, 3.8) is 0 Å². The van der Waals surface area contributed by atoms with Crippen molar-refractivity contribution in [2.75, 3.05) is 251 Å². The molecule has 0 unspecified atom stereocenters. The molecule has 0 aromatic heterocycles. The van der Waals surface area contributed by atoms with Crippen molar-refractivity contribution in [1.82, 2.24) is 4.90 Å². The van der Waals surface area contributed by atoms with Crippen LogP contribution in [0.4, 0.5) is 0 Å². The summed E-state index contributed by atoms with van der Waals surface area (Å²) in [5, 5.41) is 17.2. The third-order valence-electron chi connectivity index (χ3n) is 8.37. The van der Waals surface area contributed by atoms with Crippen LogP contribution in [-0.2, 0) is 80.5 Å². The lowest BCUT2D eigenvalue weighted by atomic mass is 10.2. The van der Waals surface area contributed by atoms with E-state index < -0.39 is 0 Å². The standard InChI is InChI=1S/C45H83NO20/c47-8-12-52-16-20-56-24-28-60-32-36-64-40-38-62-34-30-58-26-22-54-18-14-50-10-6-46(45(49)44-4-2-1-3-5-44)7-11-51-15-19-55-23-27-59-31-35-63-39-42-66-43-41-65-37-33-61-29-25-57-21-17-53-13-9-48/h1-5,47-48H,6-43H2. The fourth-order valence-corrected chi connectivity index (χ4v) is 5.06. The van der Waals surface area contributed by atoms with E-state index in [0.717, 1.165) is 0 Å². The minimum absolute atomic E-state index is 0.0126. The van der Waals surface area contributed by atoms with Gasteiger partial charge in [-0.05, 0) is 12.1 Å². The van der Waals surface area contributed by atoms with Crippen LogP contribution in [0.5, 0.6) is 0 Å². The number of ether oxygens (including phenoxy) is 17. The van der Waals surface area contributed by atoms with Gasteiger partial charge in [-0.1, -0.05) is 18.2 Å². The first-order valence-corrected chi connectivity index (χ1v) is 23.2. The Hall–Kier alpha value is -2.07. The van der Waals surface area contributed by atoms with Crippen molar-refractivity contribution in [3.05, 3.63) is 35.9 Å². The molecule has 0 aliphatic carbocycles. The molecule has 0 heterocycles. The Bertz CT molecular complexity index is 1090. The molecule has 0 bridgehead atoms. The molecule has 0 aliphatic heterocycles. The van der Waals surface area contributed by atoms with Crippen molar-refractivity contribution < 1.29 is 95.5 Å². The fraction of sp³-hybridized carbons (Fsp3) is 0.844. The number of nitrogens with zero attached hydrogens (tertiary/aromatic N) is 1. The zero-order valence-electron chi connectivity index (χ0n) is 39.4. The number of carbonyl (C=O) groups excluding carboxylic acids is 1. The zero-order chi connectivity index (χ0) is 47.2. The third kappa shape index (κ3) is 45.7. The van der Waals surface area contributed by atoms with E-state index in [0.29, 0.717) is 243 Å². The van der Waals surface area contributed by atoms with Crippen LogP contribution in [0.1, 0.15) is 10.4 Å². The molecule has 0 radical (unpaired) electrons. The van der Waals surface area contributed by atoms with Crippen LogP contribution in [-0.4, -0.2) is 272 Å². The second-order valence-electron chi connectivity index (χ2n) is 13.5. The predicted octanol–water partition coefficient (Wildman–Crippen LogP) is 0.396. The second-order valence-corrected chi connectivity index (χ2v) is 13.5. The van der Waals surface area contributed by atoms with E-state index in [4.69, 9.17) is 90.7 Å². The van der Waals surface area contributed by atoms with Crippen LogP contribution in [0, 0.1) is 0 Å². The number of rotatable bonds is 56. The van der Waals surface area contributed by atoms with Gasteiger partial charge >= 0.3 is 0 Å². The summed E-state index contributed by atoms with van der Waals surface area (Å²) in [5.41, 5.74) is 0.608. The lowest BCUT2D eigenvalue weighted by Crippen LogP contribution is -2.37. The van der Waals surface area contributed by atoms with Crippen LogP contribution in [0.25, 0.3) is 0 Å². The first-order chi connectivity index (χ1) is 32.8. The first kappa shape index (κ1) is 61.9. The van der Waals surface area contributed by atoms with E-state index in [-0.39, 0.29) is 19.1 Å². The quantitative estimate of drug-likeness (QED) is 0.0845. The highest BCUT2D eigenvalue weighted by Crippen LogP contribution is 2.05. The maximum absolute atomic E-state index is 13.2. The topological polar surface area (TPSA) is 218 Å². The summed E-state index contributed by atoms with van der Waals surface area (Å²) >= 11 is 0. The van der Waals surface area contributed by atoms with Crippen molar-refractivity contribution >= 4 is 5.91 Å². The molecule has 21 nitrogen and oxygen atoms in total. The predicted molar refractivity (Wildman–Crippen MR) is 240 cm³/mol. The van der Waals surface area contributed by atoms with E-state index >= 15 is 0 Å². The Morgan fingerprint density at radius 3 is 0.667 bits per heavy atom. The molecule has 66 heavy (non-hydrogen) atoms. The molecule has 0 saturated carbocycles. The van der Waals surface area contributed by atoms with Crippen LogP contribution in [0.15, 0.2) is 30.3 Å². The Kier molecular flexibility index (Phi) is 50.6. The molecule has 1 aromatic carbocycles. The van der Waals surface area contributed by atoms with Gasteiger partial charge < -0.3 is 95.6 Å². The number of aliphatic hydroxyl groups is 2. The van der Waals surface area contributed by atoms with Crippen LogP contribution in [0.2, 0.25) is 0 Å². The summed E-state index contributed by atoms with van der Waals surface area (Å²) in [7, 11) is 0. The molecule has 0 spiro atoms. The van der Waals surface area contributed by atoms with Gasteiger partial charge in [0.05, 0.1) is 238 Å². The van der Waals surface area contributed by atoms with Gasteiger partial charge in [-0.3, -0.25) is 4.79 Å². The van der Waals surface area contributed by atoms with Crippen molar-refractivity contribution in [2.24, 2.45) is 0 Å². The number of carbonyl (C=O) groups is 1. The van der Waals surface area contributed by atoms with Crippen LogP contribution in [0.3, 0.4) is 0 Å². The van der Waals surface area contributed by atoms with Gasteiger partial charge in [0, 0.05) is 18.7 Å². The molecule has 388 valence electrons. The summed E-state index contributed by atoms with van der Waals surface area (Å²) < 4.78 is 92.9. The van der Waals surface area contributed by atoms with E-state index in [2.05, 4.69) is 0 Å². The normalized spacial score (nSPS) is 11.5. The van der Waals surface area contributed by atoms with Gasteiger partial charge in [0.1, 0.15) is 0 Å². The van der Waals surface area contributed by atoms with E-state index in [9.17, 15) is 4.79 Å². The van der Waals surface area contributed by atoms with E-state index in [1.807, 2.05) is 18.2 Å². The molecule has 1 amide bonds. The second kappa shape index (κ2) is 53.9. The summed E-state index contributed by atoms with van der Waals surface area (Å²) in [5.74, 6) is -0.0836. The van der Waals surface area contributed by atoms with Crippen molar-refractivity contribution in [2.45, 2.75) is 0 Å². The largest absolute Gasteiger partial charge is 0.394 e. The number of hydrogen-bond donors (Lipinski definition) is 2. The molecule has 0 fully saturated rings. The molecule has 1 rings (SSSR count). The monoisotopic (exact) mass is 958 g/mol. The minimum Gasteiger partial charge on any atom is -0.394 e. The number of benzene rings is 1. The summed E-state index contributed by atoms with van der Waals surface area (Å²) in [6.07, 6.45) is 0. The zero-order valence-corrected chi connectivity index (χ0v) is 39.4. The maximum Gasteiger partial charge on any atom is 0.254 e. The van der Waals surface area contributed by atoms with E-state index in [1.54, 1.807) is 17.0 Å². The van der Waals surface area contributed by atoms with Crippen LogP contribution >= 0.6 is 0 Å². The van der Waals surface area contributed by atoms with Crippen molar-refractivity contribution in [3.8, 4) is 0 Å². The molecule has 2 N–H and O–H groups in total. The van der Waals surface area contributed by atoms with Gasteiger partial charge in [-0.15, -0.1) is 0 Å². The molecule has 0 atom stereocenters. The maximum atomic E-state index is 13.2. The summed E-state index contributed by atoms with van der Waals surface area (Å²) in [4.78, 5) is 14.9. The Morgan fingerprint density at radius 2 is 0.470 bits per heavy atom. The molecule has 0 saturated heterocycles. The van der Waals surface area contributed by atoms with E-state index in [1.165, 1.54) is 0 Å². The average molecular weight is 958 g/mol. The van der Waals surface area contributed by atoms with Gasteiger partial charge in [-0.25, -0.2) is 0 Å². The third-order valence-corrected chi connectivity index (χ3v) is 8.37. The average Bonchev–Trinajstić information content (AvgIpc) is 3.34. The highest BCUT2D eigenvalue weighted by molar-refractivity contribution is 5.94. The Morgan fingerprint density at radius 1 is 0.288 bits per heavy atom. The van der Waals surface area contributed by atoms with Gasteiger partial charge in [0.25, 0.3) is 5.91 Å². The number of hydrogen-bond acceptors (Lipinski definition) is 20. The molecular formula is C45H83NO20. The Labute approximate surface area is 392 Å². The van der Waals surface area contributed by atoms with Crippen LogP contribution < -0.4 is 0 Å². The summed E-state index contributed by atoms with van der Waals surface area (Å²) in [6.45, 7) is 16.1.